The molecular formula is C54H96N4O11. The van der Waals surface area contributed by atoms with Crippen LogP contribution in [0.15, 0.2) is 12.5 Å². The van der Waals surface area contributed by atoms with E-state index in [9.17, 15) is 33.6 Å². The van der Waals surface area contributed by atoms with Crippen LogP contribution in [0.1, 0.15) is 202 Å². The van der Waals surface area contributed by atoms with Gasteiger partial charge in [-0.05, 0) is 39.0 Å². The lowest BCUT2D eigenvalue weighted by Gasteiger charge is -2.26. The number of amides is 2. The number of imidazole rings is 1. The van der Waals surface area contributed by atoms with Gasteiger partial charge in [-0.25, -0.2) is 4.98 Å². The maximum atomic E-state index is 13.5. The summed E-state index contributed by atoms with van der Waals surface area (Å²) in [5, 5.41) is 5.51. The SMILES string of the molecule is CCCCCCCCCCCCCCCCCC(=O)CCCOCCOCC(=O)NCCOCCOCC(=O)NCCCC[C@H](CC(=O)C(C)(C)CC(=O)[C@@H](C)Cc1cnc[nH]1)C(=O)CCC(C)=O.[HH]. The van der Waals surface area contributed by atoms with Crippen LogP contribution >= 0.6 is 0 Å². The van der Waals surface area contributed by atoms with Gasteiger partial charge in [0.25, 0.3) is 0 Å². The zero-order valence-corrected chi connectivity index (χ0v) is 43.7. The molecule has 2 atom stereocenters. The highest BCUT2D eigenvalue weighted by Crippen LogP contribution is 2.30. The van der Waals surface area contributed by atoms with Gasteiger partial charge in [0.15, 0.2) is 0 Å². The van der Waals surface area contributed by atoms with E-state index in [1.54, 1.807) is 26.4 Å². The van der Waals surface area contributed by atoms with Gasteiger partial charge in [0.1, 0.15) is 42.1 Å². The normalized spacial score (nSPS) is 12.4. The predicted molar refractivity (Wildman–Crippen MR) is 272 cm³/mol. The van der Waals surface area contributed by atoms with E-state index < -0.39 is 11.3 Å². The van der Waals surface area contributed by atoms with Crippen molar-refractivity contribution in [3.8, 4) is 0 Å². The molecule has 0 bridgehead atoms. The fourth-order valence-corrected chi connectivity index (χ4v) is 8.00. The summed E-state index contributed by atoms with van der Waals surface area (Å²) < 4.78 is 21.8. The minimum absolute atomic E-state index is 0. The standard InChI is InChI=1S/C54H94N4O11.H2/c1-6-7-8-9-10-11-12-13-14-15-16-17-18-19-20-25-48(60)26-23-31-66-33-35-68-42-53(65)57-30-32-67-34-36-69-41-52(64)56-29-22-21-24-46(49(61)28-27-45(3)59)38-51(63)54(4,5)39-50(62)44(2)37-47-40-55-43-58-47;/h40,43-44,46H,6-39,41-42H2,1-5H3,(H,55,58)(H,56,64)(H,57,65);1H/t44-,46+;/m0./s1. The molecule has 0 saturated heterocycles. The molecule has 0 unspecified atom stereocenters. The topological polar surface area (TPSA) is 209 Å². The van der Waals surface area contributed by atoms with Gasteiger partial charge in [-0.1, -0.05) is 124 Å². The van der Waals surface area contributed by atoms with Crippen molar-refractivity contribution in [2.24, 2.45) is 17.3 Å². The second-order valence-electron chi connectivity index (χ2n) is 19.6. The van der Waals surface area contributed by atoms with Crippen LogP contribution in [-0.4, -0.2) is 117 Å². The molecular weight excluding hydrogens is 881 g/mol. The van der Waals surface area contributed by atoms with Gasteiger partial charge in [-0.2, -0.15) is 0 Å². The minimum atomic E-state index is -0.948. The van der Waals surface area contributed by atoms with Crippen LogP contribution in [0, 0.1) is 17.3 Å². The van der Waals surface area contributed by atoms with E-state index in [0.29, 0.717) is 77.0 Å². The highest BCUT2D eigenvalue weighted by molar-refractivity contribution is 5.95. The largest absolute Gasteiger partial charge is 0.379 e. The molecule has 0 aliphatic heterocycles. The molecule has 1 aromatic heterocycles. The summed E-state index contributed by atoms with van der Waals surface area (Å²) in [4.78, 5) is 94.6. The number of carbonyl (C=O) groups is 7. The second kappa shape index (κ2) is 42.1. The quantitative estimate of drug-likeness (QED) is 0.0522. The Kier molecular flexibility index (Phi) is 38.6. The van der Waals surface area contributed by atoms with E-state index in [2.05, 4.69) is 27.5 Å². The molecule has 15 nitrogen and oxygen atoms in total. The zero-order valence-electron chi connectivity index (χ0n) is 43.7. The molecule has 0 spiro atoms. The highest BCUT2D eigenvalue weighted by atomic mass is 16.5. The van der Waals surface area contributed by atoms with E-state index in [4.69, 9.17) is 18.9 Å². The molecule has 1 rings (SSSR count). The number of nitrogens with zero attached hydrogens (tertiary/aromatic N) is 1. The van der Waals surface area contributed by atoms with Crippen LogP contribution in [0.25, 0.3) is 0 Å². The smallest absolute Gasteiger partial charge is 0.246 e. The second-order valence-corrected chi connectivity index (χ2v) is 19.6. The molecule has 1 heterocycles. The lowest BCUT2D eigenvalue weighted by Crippen LogP contribution is -2.33. The molecule has 0 aromatic carbocycles. The fourth-order valence-electron chi connectivity index (χ4n) is 8.00. The third-order valence-corrected chi connectivity index (χ3v) is 12.5. The molecule has 0 aliphatic rings. The Labute approximate surface area is 417 Å². The van der Waals surface area contributed by atoms with E-state index in [0.717, 1.165) is 18.5 Å². The number of ketones is 5. The first kappa shape index (κ1) is 63.4. The Morgan fingerprint density at radius 3 is 1.72 bits per heavy atom. The van der Waals surface area contributed by atoms with Gasteiger partial charge >= 0.3 is 0 Å². The number of nitrogens with one attached hydrogen (secondary N) is 3. The van der Waals surface area contributed by atoms with Crippen LogP contribution in [0.4, 0.5) is 0 Å². The van der Waals surface area contributed by atoms with Crippen molar-refractivity contribution in [3.05, 3.63) is 18.2 Å². The van der Waals surface area contributed by atoms with Crippen molar-refractivity contribution in [2.75, 3.05) is 65.9 Å². The molecule has 2 amide bonds. The summed E-state index contributed by atoms with van der Waals surface area (Å²) in [6, 6.07) is 0. The van der Waals surface area contributed by atoms with Crippen LogP contribution in [0.3, 0.4) is 0 Å². The minimum Gasteiger partial charge on any atom is -0.379 e. The Morgan fingerprint density at radius 2 is 1.16 bits per heavy atom. The van der Waals surface area contributed by atoms with Crippen LogP contribution in [0.2, 0.25) is 0 Å². The number of rotatable bonds is 50. The predicted octanol–water partition coefficient (Wildman–Crippen LogP) is 9.41. The number of carbonyl (C=O) groups excluding carboxylic acids is 7. The fraction of sp³-hybridized carbons (Fsp3) is 0.815. The monoisotopic (exact) mass is 977 g/mol. The zero-order chi connectivity index (χ0) is 50.8. The number of aromatic nitrogens is 2. The maximum absolute atomic E-state index is 13.5. The van der Waals surface area contributed by atoms with Gasteiger partial charge in [0.05, 0.1) is 39.4 Å². The molecule has 15 heteroatoms. The van der Waals surface area contributed by atoms with Gasteiger partial charge in [0.2, 0.25) is 11.8 Å². The first-order valence-corrected chi connectivity index (χ1v) is 26.7. The van der Waals surface area contributed by atoms with Crippen LogP contribution < -0.4 is 10.6 Å². The van der Waals surface area contributed by atoms with Crippen LogP contribution in [-0.2, 0) is 58.9 Å². The van der Waals surface area contributed by atoms with E-state index in [1.807, 2.05) is 6.92 Å². The van der Waals surface area contributed by atoms with Crippen LogP contribution in [0.5, 0.6) is 0 Å². The third kappa shape index (κ3) is 36.9. The lowest BCUT2D eigenvalue weighted by atomic mass is 9.75. The third-order valence-electron chi connectivity index (χ3n) is 12.5. The first-order chi connectivity index (χ1) is 33.2. The molecule has 0 saturated carbocycles. The summed E-state index contributed by atoms with van der Waals surface area (Å²) in [5.41, 5.74) is -0.102. The number of aromatic amines is 1. The van der Waals surface area contributed by atoms with Crippen molar-refractivity contribution in [3.63, 3.8) is 0 Å². The average Bonchev–Trinajstić information content (AvgIpc) is 3.83. The summed E-state index contributed by atoms with van der Waals surface area (Å²) in [5.74, 6) is -1.55. The molecule has 398 valence electrons. The van der Waals surface area contributed by atoms with Crippen molar-refractivity contribution in [1.29, 1.82) is 0 Å². The average molecular weight is 977 g/mol. The van der Waals surface area contributed by atoms with Gasteiger partial charge in [0, 0.05) is 88.8 Å². The highest BCUT2D eigenvalue weighted by Gasteiger charge is 2.34. The number of hydrogen-bond donors (Lipinski definition) is 3. The summed E-state index contributed by atoms with van der Waals surface area (Å²) >= 11 is 0. The maximum Gasteiger partial charge on any atom is 0.246 e. The van der Waals surface area contributed by atoms with E-state index >= 15 is 0 Å². The number of ether oxygens (including phenoxy) is 4. The summed E-state index contributed by atoms with van der Waals surface area (Å²) in [7, 11) is 0. The van der Waals surface area contributed by atoms with Crippen molar-refractivity contribution in [1.82, 2.24) is 20.6 Å². The van der Waals surface area contributed by atoms with Gasteiger partial charge in [-0.3, -0.25) is 28.8 Å². The van der Waals surface area contributed by atoms with E-state index in [1.165, 1.54) is 90.4 Å². The number of H-pyrrole nitrogens is 1. The Balaban J connectivity index is 0.0000476. The molecule has 1 aromatic rings. The lowest BCUT2D eigenvalue weighted by molar-refractivity contribution is -0.136. The molecule has 3 N–H and O–H groups in total. The molecule has 0 radical (unpaired) electrons. The van der Waals surface area contributed by atoms with Crippen molar-refractivity contribution >= 4 is 40.7 Å². The van der Waals surface area contributed by atoms with Gasteiger partial charge in [-0.15, -0.1) is 0 Å². The summed E-state index contributed by atoms with van der Waals surface area (Å²) in [6.07, 6.45) is 27.2. The van der Waals surface area contributed by atoms with Crippen molar-refractivity contribution in [2.45, 2.75) is 202 Å². The summed E-state index contributed by atoms with van der Waals surface area (Å²) in [6.45, 7) is 11.3. The molecule has 0 fully saturated rings. The number of Topliss-reactive ketones (excluding diaryl/α,β-unsaturated/α-hetero) is 5. The first-order valence-electron chi connectivity index (χ1n) is 26.7. The molecule has 69 heavy (non-hydrogen) atoms. The molecule has 0 aliphatic carbocycles. The Morgan fingerprint density at radius 1 is 0.623 bits per heavy atom. The van der Waals surface area contributed by atoms with Crippen molar-refractivity contribution < 1.29 is 53.9 Å². The number of unbranched alkanes of at least 4 members (excludes halogenated alkanes) is 15. The Hall–Kier alpha value is -3.66. The number of hydrogen-bond acceptors (Lipinski definition) is 12. The van der Waals surface area contributed by atoms with E-state index in [-0.39, 0.29) is 108 Å². The van der Waals surface area contributed by atoms with Gasteiger partial charge < -0.3 is 39.4 Å². The Bertz CT molecular complexity index is 1540.